The molecule has 2 N–H and O–H groups in total. The number of carbonyl (C=O) groups is 1. The molecule has 1 aliphatic rings. The van der Waals surface area contributed by atoms with Crippen LogP contribution in [-0.4, -0.2) is 23.9 Å². The Kier molecular flexibility index (Phi) is 4.04. The molecule has 1 amide bonds. The van der Waals surface area contributed by atoms with Crippen LogP contribution in [0.25, 0.3) is 0 Å². The molecule has 0 bridgehead atoms. The zero-order chi connectivity index (χ0) is 14.0. The maximum Gasteiger partial charge on any atom is 0.255 e. The minimum absolute atomic E-state index is 0.0220. The Balaban J connectivity index is 2.17. The van der Waals surface area contributed by atoms with Gasteiger partial charge in [0.1, 0.15) is 0 Å². The smallest absolute Gasteiger partial charge is 0.255 e. The number of hydrogen-bond acceptors (Lipinski definition) is 2. The number of nitrogens with two attached hydrogens (primary N) is 1. The molecule has 4 heteroatoms. The van der Waals surface area contributed by atoms with Gasteiger partial charge < -0.3 is 10.6 Å². The van der Waals surface area contributed by atoms with E-state index in [1.54, 1.807) is 18.2 Å². The molecule has 0 radical (unpaired) electrons. The van der Waals surface area contributed by atoms with E-state index >= 15 is 0 Å². The number of hydrogen-bond donors (Lipinski definition) is 1. The van der Waals surface area contributed by atoms with Crippen molar-refractivity contribution in [2.75, 3.05) is 18.8 Å². The van der Waals surface area contributed by atoms with Crippen LogP contribution in [-0.2, 0) is 0 Å². The van der Waals surface area contributed by atoms with Gasteiger partial charge in [-0.2, -0.15) is 0 Å². The van der Waals surface area contributed by atoms with Gasteiger partial charge in [-0.05, 0) is 42.9 Å². The van der Waals surface area contributed by atoms with Crippen molar-refractivity contribution in [3.63, 3.8) is 0 Å². The van der Waals surface area contributed by atoms with Crippen LogP contribution in [0.2, 0.25) is 5.02 Å². The number of nitrogens with zero attached hydrogens (tertiary/aromatic N) is 1. The first kappa shape index (κ1) is 14.2. The second-order valence-electron chi connectivity index (χ2n) is 5.42. The largest absolute Gasteiger partial charge is 0.399 e. The van der Waals surface area contributed by atoms with Crippen molar-refractivity contribution in [3.05, 3.63) is 28.8 Å². The second kappa shape index (κ2) is 5.41. The van der Waals surface area contributed by atoms with Crippen molar-refractivity contribution in [1.29, 1.82) is 0 Å². The van der Waals surface area contributed by atoms with Gasteiger partial charge in [-0.3, -0.25) is 4.79 Å². The quantitative estimate of drug-likeness (QED) is 0.860. The predicted molar refractivity (Wildman–Crippen MR) is 79.4 cm³/mol. The van der Waals surface area contributed by atoms with Crippen molar-refractivity contribution < 1.29 is 4.79 Å². The van der Waals surface area contributed by atoms with Gasteiger partial charge >= 0.3 is 0 Å². The highest BCUT2D eigenvalue weighted by molar-refractivity contribution is 6.34. The molecule has 0 spiro atoms. The summed E-state index contributed by atoms with van der Waals surface area (Å²) in [5.41, 5.74) is 7.08. The molecular weight excluding hydrogens is 260 g/mol. The number of halogens is 1. The fourth-order valence-electron chi connectivity index (χ4n) is 2.81. The summed E-state index contributed by atoms with van der Waals surface area (Å²) in [6.07, 6.45) is 3.31. The summed E-state index contributed by atoms with van der Waals surface area (Å²) in [6, 6.07) is 5.08. The Labute approximate surface area is 119 Å². The molecule has 0 atom stereocenters. The molecule has 0 saturated carbocycles. The summed E-state index contributed by atoms with van der Waals surface area (Å²) in [6.45, 7) is 6.06. The third-order valence-corrected chi connectivity index (χ3v) is 4.76. The second-order valence-corrected chi connectivity index (χ2v) is 5.83. The van der Waals surface area contributed by atoms with Crippen LogP contribution in [0.15, 0.2) is 18.2 Å². The third kappa shape index (κ3) is 2.71. The van der Waals surface area contributed by atoms with Crippen LogP contribution in [0, 0.1) is 5.41 Å². The summed E-state index contributed by atoms with van der Waals surface area (Å²) in [4.78, 5) is 14.4. The molecule has 1 saturated heterocycles. The fraction of sp³-hybridized carbons (Fsp3) is 0.533. The lowest BCUT2D eigenvalue weighted by molar-refractivity contribution is 0.0770. The topological polar surface area (TPSA) is 46.3 Å². The number of rotatable bonds is 3. The molecule has 1 fully saturated rings. The van der Waals surface area contributed by atoms with Gasteiger partial charge in [0, 0.05) is 18.8 Å². The molecule has 19 heavy (non-hydrogen) atoms. The first-order chi connectivity index (χ1) is 9.01. The highest BCUT2D eigenvalue weighted by Gasteiger charge is 2.37. The van der Waals surface area contributed by atoms with Gasteiger partial charge in [-0.1, -0.05) is 25.4 Å². The Morgan fingerprint density at radius 1 is 1.42 bits per heavy atom. The van der Waals surface area contributed by atoms with E-state index < -0.39 is 0 Å². The summed E-state index contributed by atoms with van der Waals surface area (Å²) in [7, 11) is 0. The number of amides is 1. The number of benzene rings is 1. The monoisotopic (exact) mass is 280 g/mol. The van der Waals surface area contributed by atoms with E-state index in [1.807, 2.05) is 4.90 Å². The normalized spacial score (nSPS) is 17.7. The minimum Gasteiger partial charge on any atom is -0.399 e. The van der Waals surface area contributed by atoms with Crippen LogP contribution in [0.1, 0.15) is 43.5 Å². The first-order valence-corrected chi connectivity index (χ1v) is 7.23. The molecule has 104 valence electrons. The molecular formula is C15H21ClN2O. The fourth-order valence-corrected chi connectivity index (χ4v) is 3.08. The Bertz CT molecular complexity index is 483. The van der Waals surface area contributed by atoms with Crippen LogP contribution < -0.4 is 5.73 Å². The zero-order valence-corrected chi connectivity index (χ0v) is 12.3. The zero-order valence-electron chi connectivity index (χ0n) is 11.6. The van der Waals surface area contributed by atoms with E-state index in [4.69, 9.17) is 17.3 Å². The van der Waals surface area contributed by atoms with Gasteiger partial charge in [0.2, 0.25) is 0 Å². The van der Waals surface area contributed by atoms with Crippen molar-refractivity contribution in [2.24, 2.45) is 5.41 Å². The van der Waals surface area contributed by atoms with E-state index in [-0.39, 0.29) is 11.3 Å². The van der Waals surface area contributed by atoms with Gasteiger partial charge in [-0.25, -0.2) is 0 Å². The molecule has 0 aromatic heterocycles. The molecule has 2 rings (SSSR count). The highest BCUT2D eigenvalue weighted by Crippen LogP contribution is 2.37. The summed E-state index contributed by atoms with van der Waals surface area (Å²) in [5.74, 6) is 0.0220. The van der Waals surface area contributed by atoms with E-state index in [0.717, 1.165) is 32.4 Å². The Hall–Kier alpha value is -1.22. The maximum absolute atomic E-state index is 12.5. The Morgan fingerprint density at radius 2 is 2.11 bits per heavy atom. The highest BCUT2D eigenvalue weighted by atomic mass is 35.5. The third-order valence-electron chi connectivity index (χ3n) is 4.45. The molecule has 1 aromatic rings. The van der Waals surface area contributed by atoms with E-state index in [9.17, 15) is 4.79 Å². The Morgan fingerprint density at radius 3 is 2.63 bits per heavy atom. The molecule has 1 heterocycles. The lowest BCUT2D eigenvalue weighted by atomic mass is 9.82. The first-order valence-electron chi connectivity index (χ1n) is 6.85. The summed E-state index contributed by atoms with van der Waals surface area (Å²) < 4.78 is 0. The van der Waals surface area contributed by atoms with Gasteiger partial charge in [0.05, 0.1) is 10.6 Å². The molecule has 0 unspecified atom stereocenters. The average molecular weight is 281 g/mol. The summed E-state index contributed by atoms with van der Waals surface area (Å²) in [5, 5.41) is 0.440. The molecule has 1 aliphatic heterocycles. The lowest BCUT2D eigenvalue weighted by Gasteiger charge is -2.26. The molecule has 3 nitrogen and oxygen atoms in total. The number of likely N-dealkylation sites (tertiary alicyclic amines) is 1. The average Bonchev–Trinajstić information content (AvgIpc) is 2.83. The van der Waals surface area contributed by atoms with Crippen molar-refractivity contribution in [3.8, 4) is 0 Å². The van der Waals surface area contributed by atoms with Crippen molar-refractivity contribution in [1.82, 2.24) is 4.90 Å². The van der Waals surface area contributed by atoms with Crippen LogP contribution in [0.4, 0.5) is 5.69 Å². The predicted octanol–water partition coefficient (Wildman–Crippen LogP) is 3.57. The van der Waals surface area contributed by atoms with E-state index in [0.29, 0.717) is 16.3 Å². The standard InChI is InChI=1S/C15H21ClN2O/c1-3-15(4-2)7-8-18(10-15)14(19)12-6-5-11(17)9-13(12)16/h5-6,9H,3-4,7-8,10,17H2,1-2H3. The van der Waals surface area contributed by atoms with E-state index in [1.165, 1.54) is 0 Å². The van der Waals surface area contributed by atoms with Crippen molar-refractivity contribution >= 4 is 23.2 Å². The number of nitrogen functional groups attached to an aromatic ring is 1. The van der Waals surface area contributed by atoms with Crippen LogP contribution in [0.3, 0.4) is 0 Å². The van der Waals surface area contributed by atoms with Gasteiger partial charge in [0.15, 0.2) is 0 Å². The molecule has 0 aliphatic carbocycles. The lowest BCUT2D eigenvalue weighted by Crippen LogP contribution is -2.32. The van der Waals surface area contributed by atoms with Crippen LogP contribution in [0.5, 0.6) is 0 Å². The summed E-state index contributed by atoms with van der Waals surface area (Å²) >= 11 is 6.11. The SMILES string of the molecule is CCC1(CC)CCN(C(=O)c2ccc(N)cc2Cl)C1. The van der Waals surface area contributed by atoms with Gasteiger partial charge in [0.25, 0.3) is 5.91 Å². The molecule has 1 aromatic carbocycles. The van der Waals surface area contributed by atoms with Crippen LogP contribution >= 0.6 is 11.6 Å². The number of carbonyl (C=O) groups excluding carboxylic acids is 1. The van der Waals surface area contributed by atoms with Crippen molar-refractivity contribution in [2.45, 2.75) is 33.1 Å². The number of anilines is 1. The maximum atomic E-state index is 12.5. The van der Waals surface area contributed by atoms with Gasteiger partial charge in [-0.15, -0.1) is 0 Å². The minimum atomic E-state index is 0.0220. The van der Waals surface area contributed by atoms with E-state index in [2.05, 4.69) is 13.8 Å².